The van der Waals surface area contributed by atoms with E-state index >= 15 is 0 Å². The summed E-state index contributed by atoms with van der Waals surface area (Å²) in [6.07, 6.45) is 0. The highest BCUT2D eigenvalue weighted by atomic mass is 16.2. The maximum atomic E-state index is 12.7. The van der Waals surface area contributed by atoms with Gasteiger partial charge in [-0.25, -0.2) is 9.78 Å². The number of urea groups is 1. The third-order valence-corrected chi connectivity index (χ3v) is 4.56. The van der Waals surface area contributed by atoms with E-state index in [1.807, 2.05) is 31.2 Å². The first kappa shape index (κ1) is 19.4. The summed E-state index contributed by atoms with van der Waals surface area (Å²) < 4.78 is 2.15. The molecule has 2 aromatic carbocycles. The molecule has 1 atom stereocenters. The van der Waals surface area contributed by atoms with Crippen LogP contribution < -0.4 is 16.4 Å². The van der Waals surface area contributed by atoms with Crippen LogP contribution in [0.2, 0.25) is 0 Å². The first-order valence-electron chi connectivity index (χ1n) is 9.26. The van der Waals surface area contributed by atoms with Crippen LogP contribution in [-0.2, 0) is 6.54 Å². The average Bonchev–Trinajstić information content (AvgIpc) is 3.06. The number of hydrogen-bond donors (Lipinski definition) is 3. The van der Waals surface area contributed by atoms with Gasteiger partial charge in [0, 0.05) is 18.2 Å². The van der Waals surface area contributed by atoms with Crippen LogP contribution in [0.5, 0.6) is 0 Å². The third-order valence-electron chi connectivity index (χ3n) is 4.56. The zero-order valence-electron chi connectivity index (χ0n) is 16.3. The van der Waals surface area contributed by atoms with Crippen molar-refractivity contribution >= 4 is 23.0 Å². The summed E-state index contributed by atoms with van der Waals surface area (Å²) >= 11 is 0. The van der Waals surface area contributed by atoms with Crippen molar-refractivity contribution in [2.24, 2.45) is 5.73 Å². The Kier molecular flexibility index (Phi) is 5.63. The number of fused-ring (bicyclic) bond motifs is 1. The lowest BCUT2D eigenvalue weighted by atomic mass is 10.1. The van der Waals surface area contributed by atoms with E-state index in [2.05, 4.69) is 29.0 Å². The normalized spacial score (nSPS) is 12.1. The van der Waals surface area contributed by atoms with Crippen LogP contribution in [0.1, 0.15) is 54.6 Å². The van der Waals surface area contributed by atoms with Gasteiger partial charge in [0.05, 0.1) is 17.1 Å². The van der Waals surface area contributed by atoms with Crippen molar-refractivity contribution in [2.45, 2.75) is 39.4 Å². The van der Waals surface area contributed by atoms with Crippen LogP contribution in [0.3, 0.4) is 0 Å². The van der Waals surface area contributed by atoms with Crippen molar-refractivity contribution in [1.82, 2.24) is 20.2 Å². The van der Waals surface area contributed by atoms with E-state index in [9.17, 15) is 9.59 Å². The van der Waals surface area contributed by atoms with Gasteiger partial charge in [0.15, 0.2) is 0 Å². The van der Waals surface area contributed by atoms with Crippen molar-refractivity contribution < 1.29 is 9.59 Å². The predicted molar refractivity (Wildman–Crippen MR) is 109 cm³/mol. The van der Waals surface area contributed by atoms with Gasteiger partial charge in [-0.3, -0.25) is 4.79 Å². The number of hydrogen-bond acceptors (Lipinski definition) is 3. The molecule has 0 fully saturated rings. The molecule has 0 saturated heterocycles. The monoisotopic (exact) mass is 379 g/mol. The molecule has 0 saturated carbocycles. The Morgan fingerprint density at radius 1 is 1.07 bits per heavy atom. The summed E-state index contributed by atoms with van der Waals surface area (Å²) in [5, 5.41) is 5.55. The fourth-order valence-electron chi connectivity index (χ4n) is 3.22. The Morgan fingerprint density at radius 2 is 1.75 bits per heavy atom. The van der Waals surface area contributed by atoms with Crippen LogP contribution in [0.25, 0.3) is 11.0 Å². The third kappa shape index (κ3) is 4.14. The Hall–Kier alpha value is -3.35. The molecule has 1 aromatic heterocycles. The Morgan fingerprint density at radius 3 is 2.39 bits per heavy atom. The molecule has 3 amide bonds. The van der Waals surface area contributed by atoms with E-state index in [1.54, 1.807) is 24.3 Å². The number of primary amides is 1. The molecule has 4 N–H and O–H groups in total. The molecule has 0 radical (unpaired) electrons. The largest absolute Gasteiger partial charge is 0.352 e. The average molecular weight is 379 g/mol. The lowest BCUT2D eigenvalue weighted by Gasteiger charge is -2.19. The van der Waals surface area contributed by atoms with E-state index in [0.717, 1.165) is 22.4 Å². The zero-order valence-corrected chi connectivity index (χ0v) is 16.3. The SMILES string of the molecule is CC(NC(=O)c1ccc(CNC(N)=O)cc1)c1nc2ccccc2n1C(C)C. The Balaban J connectivity index is 1.76. The number of benzene rings is 2. The molecule has 7 nitrogen and oxygen atoms in total. The fraction of sp³-hybridized carbons (Fsp3) is 0.286. The number of aromatic nitrogens is 2. The minimum absolute atomic E-state index is 0.177. The minimum Gasteiger partial charge on any atom is -0.352 e. The number of para-hydroxylation sites is 2. The molecule has 146 valence electrons. The molecule has 0 spiro atoms. The maximum absolute atomic E-state index is 12.7. The van der Waals surface area contributed by atoms with Gasteiger partial charge < -0.3 is 20.9 Å². The van der Waals surface area contributed by atoms with Crippen molar-refractivity contribution in [2.75, 3.05) is 0 Å². The Labute approximate surface area is 163 Å². The number of rotatable bonds is 6. The number of nitrogens with zero attached hydrogens (tertiary/aromatic N) is 2. The Bertz CT molecular complexity index is 992. The van der Waals surface area contributed by atoms with Gasteiger partial charge in [0.2, 0.25) is 0 Å². The summed E-state index contributed by atoms with van der Waals surface area (Å²) in [6.45, 7) is 6.46. The summed E-state index contributed by atoms with van der Waals surface area (Å²) in [5.41, 5.74) is 8.45. The molecule has 0 aliphatic heterocycles. The van der Waals surface area contributed by atoms with Gasteiger partial charge in [0.25, 0.3) is 5.91 Å². The van der Waals surface area contributed by atoms with Crippen molar-refractivity contribution in [3.8, 4) is 0 Å². The van der Waals surface area contributed by atoms with E-state index in [4.69, 9.17) is 10.7 Å². The zero-order chi connectivity index (χ0) is 20.3. The first-order valence-corrected chi connectivity index (χ1v) is 9.26. The van der Waals surface area contributed by atoms with Gasteiger partial charge in [-0.05, 0) is 50.6 Å². The number of carbonyl (C=O) groups is 2. The van der Waals surface area contributed by atoms with Gasteiger partial charge >= 0.3 is 6.03 Å². The molecule has 0 bridgehead atoms. The first-order chi connectivity index (χ1) is 13.4. The molecule has 1 heterocycles. The summed E-state index contributed by atoms with van der Waals surface area (Å²) in [7, 11) is 0. The van der Waals surface area contributed by atoms with Gasteiger partial charge in [-0.2, -0.15) is 0 Å². The van der Waals surface area contributed by atoms with Crippen LogP contribution in [0.4, 0.5) is 4.79 Å². The molecular formula is C21H25N5O2. The lowest BCUT2D eigenvalue weighted by molar-refractivity contribution is 0.0937. The fourth-order valence-corrected chi connectivity index (χ4v) is 3.22. The smallest absolute Gasteiger partial charge is 0.312 e. The second-order valence-electron chi connectivity index (χ2n) is 7.03. The standard InChI is InChI=1S/C21H25N5O2/c1-13(2)26-18-7-5-4-6-17(18)25-19(26)14(3)24-20(27)16-10-8-15(9-11-16)12-23-21(22)28/h4-11,13-14H,12H2,1-3H3,(H,24,27)(H3,22,23,28). The van der Waals surface area contributed by atoms with Crippen LogP contribution in [-0.4, -0.2) is 21.5 Å². The van der Waals surface area contributed by atoms with Crippen molar-refractivity contribution in [3.05, 3.63) is 65.5 Å². The topological polar surface area (TPSA) is 102 Å². The lowest BCUT2D eigenvalue weighted by Crippen LogP contribution is -2.29. The maximum Gasteiger partial charge on any atom is 0.312 e. The van der Waals surface area contributed by atoms with E-state index in [0.29, 0.717) is 12.1 Å². The van der Waals surface area contributed by atoms with E-state index in [-0.39, 0.29) is 18.0 Å². The molecule has 0 aliphatic rings. The highest BCUT2D eigenvalue weighted by Crippen LogP contribution is 2.25. The molecule has 0 aliphatic carbocycles. The molecule has 1 unspecified atom stereocenters. The second-order valence-corrected chi connectivity index (χ2v) is 7.03. The number of nitrogens with two attached hydrogens (primary N) is 1. The predicted octanol–water partition coefficient (Wildman–Crippen LogP) is 3.28. The molecule has 28 heavy (non-hydrogen) atoms. The van der Waals surface area contributed by atoms with Gasteiger partial charge in [-0.15, -0.1) is 0 Å². The molecule has 3 aromatic rings. The highest BCUT2D eigenvalue weighted by Gasteiger charge is 2.20. The molecule has 3 rings (SSSR count). The number of nitrogens with one attached hydrogen (secondary N) is 2. The molecular weight excluding hydrogens is 354 g/mol. The van der Waals surface area contributed by atoms with Gasteiger partial charge in [0.1, 0.15) is 5.82 Å². The van der Waals surface area contributed by atoms with Crippen molar-refractivity contribution in [1.29, 1.82) is 0 Å². The van der Waals surface area contributed by atoms with Crippen molar-refractivity contribution in [3.63, 3.8) is 0 Å². The quantitative estimate of drug-likeness (QED) is 0.612. The number of carbonyl (C=O) groups excluding carboxylic acids is 2. The summed E-state index contributed by atoms with van der Waals surface area (Å²) in [5.74, 6) is 0.649. The highest BCUT2D eigenvalue weighted by molar-refractivity contribution is 5.94. The van der Waals surface area contributed by atoms with Crippen LogP contribution >= 0.6 is 0 Å². The number of imidazole rings is 1. The number of amides is 3. The minimum atomic E-state index is -0.580. The van der Waals surface area contributed by atoms with Crippen LogP contribution in [0.15, 0.2) is 48.5 Å². The summed E-state index contributed by atoms with van der Waals surface area (Å²) in [6, 6.07) is 14.4. The van der Waals surface area contributed by atoms with E-state index in [1.165, 1.54) is 0 Å². The molecule has 7 heteroatoms. The second kappa shape index (κ2) is 8.12. The van der Waals surface area contributed by atoms with Gasteiger partial charge in [-0.1, -0.05) is 24.3 Å². The van der Waals surface area contributed by atoms with E-state index < -0.39 is 6.03 Å². The summed E-state index contributed by atoms with van der Waals surface area (Å²) in [4.78, 5) is 28.2. The van der Waals surface area contributed by atoms with Crippen LogP contribution in [0, 0.1) is 0 Å².